The third-order valence-electron chi connectivity index (χ3n) is 6.87. The topological polar surface area (TPSA) is 29.5 Å². The molecule has 3 rings (SSSR count). The number of amides is 1. The second kappa shape index (κ2) is 8.69. The monoisotopic (exact) mass is 335 g/mol. The van der Waals surface area contributed by atoms with E-state index in [-0.39, 0.29) is 5.91 Å². The van der Waals surface area contributed by atoms with E-state index in [4.69, 9.17) is 4.74 Å². The Morgan fingerprint density at radius 2 is 1.42 bits per heavy atom. The van der Waals surface area contributed by atoms with Gasteiger partial charge in [-0.3, -0.25) is 4.79 Å². The molecule has 3 fully saturated rings. The molecular weight excluding hydrogens is 298 g/mol. The maximum atomic E-state index is 12.4. The van der Waals surface area contributed by atoms with E-state index in [1.54, 1.807) is 0 Å². The summed E-state index contributed by atoms with van der Waals surface area (Å²) in [5, 5.41) is 0. The summed E-state index contributed by atoms with van der Waals surface area (Å²) in [5.41, 5.74) is 0. The van der Waals surface area contributed by atoms with Gasteiger partial charge in [0.2, 0.25) is 5.91 Å². The van der Waals surface area contributed by atoms with Crippen LogP contribution in [0, 0.1) is 11.8 Å². The highest BCUT2D eigenvalue weighted by atomic mass is 16.5. The highest BCUT2D eigenvalue weighted by Crippen LogP contribution is 2.36. The third kappa shape index (κ3) is 4.74. The second-order valence-electron chi connectivity index (χ2n) is 8.77. The maximum Gasteiger partial charge on any atom is 0.249 e. The van der Waals surface area contributed by atoms with Crippen LogP contribution < -0.4 is 0 Å². The molecule has 0 N–H and O–H groups in total. The van der Waals surface area contributed by atoms with Crippen LogP contribution in [-0.2, 0) is 9.53 Å². The molecule has 1 heterocycles. The van der Waals surface area contributed by atoms with Crippen molar-refractivity contribution >= 4 is 5.91 Å². The van der Waals surface area contributed by atoms with Crippen molar-refractivity contribution in [3.8, 4) is 0 Å². The fourth-order valence-corrected chi connectivity index (χ4v) is 5.38. The average Bonchev–Trinajstić information content (AvgIpc) is 2.94. The molecular formula is C21H37NO2. The molecule has 2 saturated carbocycles. The van der Waals surface area contributed by atoms with Crippen LogP contribution in [-0.4, -0.2) is 35.6 Å². The Morgan fingerprint density at radius 3 is 2.04 bits per heavy atom. The van der Waals surface area contributed by atoms with Crippen LogP contribution in [0.15, 0.2) is 0 Å². The van der Waals surface area contributed by atoms with Crippen LogP contribution >= 0.6 is 0 Å². The molecule has 0 radical (unpaired) electrons. The molecule has 138 valence electrons. The quantitative estimate of drug-likeness (QED) is 0.713. The number of rotatable bonds is 5. The molecule has 2 atom stereocenters. The Hall–Kier alpha value is -0.570. The predicted molar refractivity (Wildman–Crippen MR) is 97.9 cm³/mol. The van der Waals surface area contributed by atoms with Crippen LogP contribution in [0.3, 0.4) is 0 Å². The zero-order valence-electron chi connectivity index (χ0n) is 15.8. The maximum absolute atomic E-state index is 12.4. The number of carbonyl (C=O) groups is 1. The molecule has 0 aromatic carbocycles. The minimum Gasteiger partial charge on any atom is -0.368 e. The normalized spacial score (nSPS) is 35.3. The van der Waals surface area contributed by atoms with Crippen LogP contribution in [0.5, 0.6) is 0 Å². The van der Waals surface area contributed by atoms with Gasteiger partial charge in [-0.2, -0.15) is 0 Å². The van der Waals surface area contributed by atoms with Gasteiger partial charge in [0.25, 0.3) is 0 Å². The highest BCUT2D eigenvalue weighted by molar-refractivity contribution is 5.78. The van der Waals surface area contributed by atoms with Gasteiger partial charge in [-0.05, 0) is 70.6 Å². The molecule has 1 saturated heterocycles. The Kier molecular flexibility index (Phi) is 6.60. The summed E-state index contributed by atoms with van der Waals surface area (Å²) < 4.78 is 6.00. The first kappa shape index (κ1) is 18.2. The van der Waals surface area contributed by atoms with Gasteiger partial charge in [0, 0.05) is 12.1 Å². The zero-order chi connectivity index (χ0) is 16.9. The summed E-state index contributed by atoms with van der Waals surface area (Å²) >= 11 is 0. The largest absolute Gasteiger partial charge is 0.368 e. The van der Waals surface area contributed by atoms with Crippen molar-refractivity contribution in [3.63, 3.8) is 0 Å². The van der Waals surface area contributed by atoms with Crippen LogP contribution in [0.4, 0.5) is 0 Å². The molecule has 1 amide bonds. The van der Waals surface area contributed by atoms with Crippen molar-refractivity contribution in [2.45, 2.75) is 109 Å². The van der Waals surface area contributed by atoms with Crippen LogP contribution in [0.1, 0.15) is 90.9 Å². The van der Waals surface area contributed by atoms with E-state index >= 15 is 0 Å². The van der Waals surface area contributed by atoms with Crippen molar-refractivity contribution in [2.75, 3.05) is 6.61 Å². The van der Waals surface area contributed by atoms with E-state index in [1.165, 1.54) is 51.4 Å². The van der Waals surface area contributed by atoms with E-state index in [1.807, 2.05) is 0 Å². The summed E-state index contributed by atoms with van der Waals surface area (Å²) in [5.74, 6) is 2.13. The number of hydrogen-bond donors (Lipinski definition) is 0. The summed E-state index contributed by atoms with van der Waals surface area (Å²) in [6.45, 7) is 4.63. The van der Waals surface area contributed by atoms with Crippen LogP contribution in [0.25, 0.3) is 0 Å². The minimum atomic E-state index is 0.205. The highest BCUT2D eigenvalue weighted by Gasteiger charge is 2.32. The van der Waals surface area contributed by atoms with E-state index in [0.717, 1.165) is 37.5 Å². The molecule has 1 aliphatic heterocycles. The van der Waals surface area contributed by atoms with Crippen molar-refractivity contribution in [2.24, 2.45) is 11.8 Å². The van der Waals surface area contributed by atoms with Crippen molar-refractivity contribution < 1.29 is 9.53 Å². The van der Waals surface area contributed by atoms with Gasteiger partial charge < -0.3 is 9.64 Å². The van der Waals surface area contributed by atoms with E-state index in [0.29, 0.717) is 24.8 Å². The Balaban J connectivity index is 1.34. The standard InChI is InChI=1S/C21H37NO2/c1-16-8-9-17(2)22(16)21(23)15-24-20-12-10-19(11-13-20)14-18-6-4-3-5-7-18/h16-20H,3-15H2,1-2H3. The lowest BCUT2D eigenvalue weighted by Gasteiger charge is -2.33. The van der Waals surface area contributed by atoms with Crippen molar-refractivity contribution in [3.05, 3.63) is 0 Å². The first-order chi connectivity index (χ1) is 11.6. The molecule has 0 aromatic heterocycles. The van der Waals surface area contributed by atoms with Crippen molar-refractivity contribution in [1.82, 2.24) is 4.90 Å². The Bertz CT molecular complexity index is 387. The lowest BCUT2D eigenvalue weighted by Crippen LogP contribution is -2.41. The summed E-state index contributed by atoms with van der Waals surface area (Å²) in [6.07, 6.45) is 16.3. The zero-order valence-corrected chi connectivity index (χ0v) is 15.8. The van der Waals surface area contributed by atoms with Gasteiger partial charge in [0.1, 0.15) is 6.61 Å². The van der Waals surface area contributed by atoms with E-state index < -0.39 is 0 Å². The summed E-state index contributed by atoms with van der Waals surface area (Å²) in [6, 6.07) is 0.782. The summed E-state index contributed by atoms with van der Waals surface area (Å²) in [4.78, 5) is 14.5. The first-order valence-electron chi connectivity index (χ1n) is 10.6. The van der Waals surface area contributed by atoms with Crippen LogP contribution in [0.2, 0.25) is 0 Å². The number of nitrogens with zero attached hydrogens (tertiary/aromatic N) is 1. The van der Waals surface area contributed by atoms with Gasteiger partial charge in [-0.15, -0.1) is 0 Å². The molecule has 2 unspecified atom stereocenters. The number of hydrogen-bond acceptors (Lipinski definition) is 2. The smallest absolute Gasteiger partial charge is 0.249 e. The minimum absolute atomic E-state index is 0.205. The van der Waals surface area contributed by atoms with Gasteiger partial charge in [-0.25, -0.2) is 0 Å². The van der Waals surface area contributed by atoms with Gasteiger partial charge in [0.05, 0.1) is 6.10 Å². The lowest BCUT2D eigenvalue weighted by molar-refractivity contribution is -0.141. The van der Waals surface area contributed by atoms with Gasteiger partial charge in [-0.1, -0.05) is 32.1 Å². The molecule has 3 heteroatoms. The predicted octanol–water partition coefficient (Wildman–Crippen LogP) is 4.93. The molecule has 0 bridgehead atoms. The molecule has 2 aliphatic carbocycles. The average molecular weight is 336 g/mol. The molecule has 0 spiro atoms. The Labute approximate surface area is 148 Å². The van der Waals surface area contributed by atoms with Gasteiger partial charge >= 0.3 is 0 Å². The number of ether oxygens (including phenoxy) is 1. The number of likely N-dealkylation sites (tertiary alicyclic amines) is 1. The van der Waals surface area contributed by atoms with Crippen molar-refractivity contribution in [1.29, 1.82) is 0 Å². The fourth-order valence-electron chi connectivity index (χ4n) is 5.38. The molecule has 0 aromatic rings. The molecule has 3 nitrogen and oxygen atoms in total. The SMILES string of the molecule is CC1CCC(C)N1C(=O)COC1CCC(CC2CCCCC2)CC1. The molecule has 24 heavy (non-hydrogen) atoms. The van der Waals surface area contributed by atoms with Gasteiger partial charge in [0.15, 0.2) is 0 Å². The molecule has 3 aliphatic rings. The lowest BCUT2D eigenvalue weighted by atomic mass is 9.77. The summed E-state index contributed by atoms with van der Waals surface area (Å²) in [7, 11) is 0. The number of carbonyl (C=O) groups excluding carboxylic acids is 1. The second-order valence-corrected chi connectivity index (χ2v) is 8.77. The third-order valence-corrected chi connectivity index (χ3v) is 6.87. The van der Waals surface area contributed by atoms with E-state index in [9.17, 15) is 4.79 Å². The van der Waals surface area contributed by atoms with E-state index in [2.05, 4.69) is 18.7 Å². The Morgan fingerprint density at radius 1 is 0.833 bits per heavy atom. The first-order valence-corrected chi connectivity index (χ1v) is 10.6. The fraction of sp³-hybridized carbons (Fsp3) is 0.952.